The van der Waals surface area contributed by atoms with Crippen molar-refractivity contribution in [3.8, 4) is 17.1 Å². The predicted octanol–water partition coefficient (Wildman–Crippen LogP) is 2.59. The number of nitrogens with zero attached hydrogens (tertiary/aromatic N) is 6. The molecule has 10 nitrogen and oxygen atoms in total. The standard InChI is InChI=1S/C23H23FN8O2/c1-34-22-16(9-17(24)13-26-22)12-27-23(33)32-7-5-31(6-8-32)21-18-10-19(15-3-2-4-25-11-15)30-20(18)28-14-29-21/h2-4,9-11,13-14H,5-8,12H2,1H3,(H,27,33)(H,28,29,30). The van der Waals surface area contributed by atoms with Gasteiger partial charge in [-0.25, -0.2) is 24.1 Å². The summed E-state index contributed by atoms with van der Waals surface area (Å²) in [4.78, 5) is 36.8. The molecular weight excluding hydrogens is 439 g/mol. The fraction of sp³-hybridized carbons (Fsp3) is 0.261. The highest BCUT2D eigenvalue weighted by Gasteiger charge is 2.24. The Hall–Kier alpha value is -4.28. The molecule has 4 aromatic rings. The van der Waals surface area contributed by atoms with Crippen LogP contribution in [0.25, 0.3) is 22.3 Å². The Morgan fingerprint density at radius 1 is 1.18 bits per heavy atom. The van der Waals surface area contributed by atoms with E-state index in [9.17, 15) is 9.18 Å². The van der Waals surface area contributed by atoms with Gasteiger partial charge in [0.15, 0.2) is 0 Å². The fourth-order valence-corrected chi connectivity index (χ4v) is 4.04. The van der Waals surface area contributed by atoms with Crippen molar-refractivity contribution < 1.29 is 13.9 Å². The van der Waals surface area contributed by atoms with Crippen LogP contribution < -0.4 is 15.0 Å². The van der Waals surface area contributed by atoms with Gasteiger partial charge in [-0.2, -0.15) is 0 Å². The zero-order valence-electron chi connectivity index (χ0n) is 18.5. The molecule has 0 spiro atoms. The third-order valence-electron chi connectivity index (χ3n) is 5.76. The summed E-state index contributed by atoms with van der Waals surface area (Å²) in [6.45, 7) is 2.42. The minimum absolute atomic E-state index is 0.125. The number of halogens is 1. The molecule has 0 atom stereocenters. The molecule has 1 fully saturated rings. The molecule has 1 aliphatic rings. The molecule has 0 bridgehead atoms. The summed E-state index contributed by atoms with van der Waals surface area (Å²) in [5, 5.41) is 3.74. The first kappa shape index (κ1) is 21.6. The summed E-state index contributed by atoms with van der Waals surface area (Å²) in [6, 6.07) is 6.98. The van der Waals surface area contributed by atoms with E-state index in [2.05, 4.69) is 35.1 Å². The number of H-pyrrole nitrogens is 1. The zero-order chi connectivity index (χ0) is 23.5. The van der Waals surface area contributed by atoms with Gasteiger partial charge in [-0.3, -0.25) is 4.98 Å². The van der Waals surface area contributed by atoms with Gasteiger partial charge in [-0.1, -0.05) is 0 Å². The first-order valence-corrected chi connectivity index (χ1v) is 10.8. The summed E-state index contributed by atoms with van der Waals surface area (Å²) in [5.74, 6) is 0.634. The molecule has 1 aliphatic heterocycles. The number of aromatic nitrogens is 5. The first-order chi connectivity index (χ1) is 16.6. The number of ether oxygens (including phenoxy) is 1. The molecule has 5 rings (SSSR count). The Morgan fingerprint density at radius 3 is 2.79 bits per heavy atom. The van der Waals surface area contributed by atoms with Crippen LogP contribution in [0.15, 0.2) is 49.2 Å². The number of anilines is 1. The molecule has 0 aromatic carbocycles. The molecule has 5 heterocycles. The summed E-state index contributed by atoms with van der Waals surface area (Å²) in [5.41, 5.74) is 3.12. The van der Waals surface area contributed by atoms with Crippen LogP contribution in [0.1, 0.15) is 5.56 Å². The Kier molecular flexibility index (Phi) is 5.90. The van der Waals surface area contributed by atoms with Crippen molar-refractivity contribution in [3.63, 3.8) is 0 Å². The van der Waals surface area contributed by atoms with Crippen molar-refractivity contribution in [2.75, 3.05) is 38.2 Å². The number of amides is 2. The SMILES string of the molecule is COc1ncc(F)cc1CNC(=O)N1CCN(c2ncnc3[nH]c(-c4cccnc4)cc23)CC1. The molecular formula is C23H23FN8O2. The molecule has 34 heavy (non-hydrogen) atoms. The van der Waals surface area contributed by atoms with Crippen LogP contribution in [0, 0.1) is 5.82 Å². The highest BCUT2D eigenvalue weighted by atomic mass is 19.1. The molecule has 2 amide bonds. The summed E-state index contributed by atoms with van der Waals surface area (Å²) in [6.07, 6.45) is 6.15. The van der Waals surface area contributed by atoms with Crippen LogP contribution in [0.2, 0.25) is 0 Å². The van der Waals surface area contributed by atoms with Gasteiger partial charge in [-0.15, -0.1) is 0 Å². The van der Waals surface area contributed by atoms with Crippen molar-refractivity contribution >= 4 is 22.9 Å². The van der Waals surface area contributed by atoms with Crippen molar-refractivity contribution in [2.45, 2.75) is 6.54 Å². The molecule has 2 N–H and O–H groups in total. The van der Waals surface area contributed by atoms with E-state index < -0.39 is 5.82 Å². The number of carbonyl (C=O) groups is 1. The Balaban J connectivity index is 1.24. The fourth-order valence-electron chi connectivity index (χ4n) is 4.04. The number of piperazine rings is 1. The van der Waals surface area contributed by atoms with Crippen LogP contribution in [-0.2, 0) is 6.54 Å². The number of fused-ring (bicyclic) bond motifs is 1. The largest absolute Gasteiger partial charge is 0.481 e. The molecule has 174 valence electrons. The van der Waals surface area contributed by atoms with Gasteiger partial charge in [0.1, 0.15) is 23.6 Å². The van der Waals surface area contributed by atoms with Crippen molar-refractivity contribution in [2.24, 2.45) is 0 Å². The quantitative estimate of drug-likeness (QED) is 0.469. The van der Waals surface area contributed by atoms with Crippen molar-refractivity contribution in [1.29, 1.82) is 0 Å². The van der Waals surface area contributed by atoms with E-state index in [4.69, 9.17) is 4.74 Å². The van der Waals surface area contributed by atoms with Gasteiger partial charge >= 0.3 is 6.03 Å². The van der Waals surface area contributed by atoms with Gasteiger partial charge in [0, 0.05) is 61.9 Å². The molecule has 0 aliphatic carbocycles. The summed E-state index contributed by atoms with van der Waals surface area (Å²) >= 11 is 0. The molecule has 0 radical (unpaired) electrons. The number of hydrogen-bond donors (Lipinski definition) is 2. The number of rotatable bonds is 5. The third kappa shape index (κ3) is 4.32. The number of carbonyl (C=O) groups excluding carboxylic acids is 1. The van der Waals surface area contributed by atoms with Gasteiger partial charge < -0.3 is 24.8 Å². The smallest absolute Gasteiger partial charge is 0.317 e. The lowest BCUT2D eigenvalue weighted by Gasteiger charge is -2.35. The van der Waals surface area contributed by atoms with Crippen LogP contribution in [0.4, 0.5) is 15.0 Å². The number of aromatic amines is 1. The molecule has 11 heteroatoms. The topological polar surface area (TPSA) is 112 Å². The van der Waals surface area contributed by atoms with E-state index in [1.54, 1.807) is 23.6 Å². The average Bonchev–Trinajstić information content (AvgIpc) is 3.33. The maximum absolute atomic E-state index is 13.5. The maximum Gasteiger partial charge on any atom is 0.317 e. The maximum atomic E-state index is 13.5. The third-order valence-corrected chi connectivity index (χ3v) is 5.76. The van der Waals surface area contributed by atoms with E-state index >= 15 is 0 Å². The number of urea groups is 1. The minimum atomic E-state index is -0.480. The molecule has 4 aromatic heterocycles. The molecule has 1 saturated heterocycles. The lowest BCUT2D eigenvalue weighted by molar-refractivity contribution is 0.193. The van der Waals surface area contributed by atoms with Gasteiger partial charge in [0.05, 0.1) is 18.7 Å². The zero-order valence-corrected chi connectivity index (χ0v) is 18.5. The number of hydrogen-bond acceptors (Lipinski definition) is 7. The first-order valence-electron chi connectivity index (χ1n) is 10.8. The van der Waals surface area contributed by atoms with Gasteiger partial charge in [-0.05, 0) is 24.3 Å². The summed E-state index contributed by atoms with van der Waals surface area (Å²) in [7, 11) is 1.46. The average molecular weight is 462 g/mol. The van der Waals surface area contributed by atoms with Gasteiger partial charge in [0.25, 0.3) is 0 Å². The number of methoxy groups -OCH3 is 1. The number of pyridine rings is 2. The lowest BCUT2D eigenvalue weighted by Crippen LogP contribution is -2.52. The van der Waals surface area contributed by atoms with Crippen LogP contribution in [0.5, 0.6) is 5.88 Å². The Labute approximate surface area is 194 Å². The van der Waals surface area contributed by atoms with Crippen molar-refractivity contribution in [1.82, 2.24) is 35.1 Å². The second-order valence-electron chi connectivity index (χ2n) is 7.84. The van der Waals surface area contributed by atoms with E-state index in [0.29, 0.717) is 31.7 Å². The van der Waals surface area contributed by atoms with E-state index in [1.165, 1.54) is 13.2 Å². The van der Waals surface area contributed by atoms with E-state index in [0.717, 1.165) is 34.3 Å². The normalized spacial score (nSPS) is 13.8. The highest BCUT2D eigenvalue weighted by Crippen LogP contribution is 2.29. The van der Waals surface area contributed by atoms with E-state index in [1.807, 2.05) is 18.2 Å². The van der Waals surface area contributed by atoms with Crippen LogP contribution >= 0.6 is 0 Å². The predicted molar refractivity (Wildman–Crippen MR) is 124 cm³/mol. The number of nitrogens with one attached hydrogen (secondary N) is 2. The van der Waals surface area contributed by atoms with Gasteiger partial charge in [0.2, 0.25) is 5.88 Å². The second-order valence-corrected chi connectivity index (χ2v) is 7.84. The second kappa shape index (κ2) is 9.30. The highest BCUT2D eigenvalue weighted by molar-refractivity contribution is 5.92. The monoisotopic (exact) mass is 462 g/mol. The lowest BCUT2D eigenvalue weighted by atomic mass is 10.2. The summed E-state index contributed by atoms with van der Waals surface area (Å²) < 4.78 is 18.7. The Morgan fingerprint density at radius 2 is 2.03 bits per heavy atom. The van der Waals surface area contributed by atoms with Crippen LogP contribution in [-0.4, -0.2) is 69.1 Å². The molecule has 0 unspecified atom stereocenters. The minimum Gasteiger partial charge on any atom is -0.481 e. The van der Waals surface area contributed by atoms with E-state index in [-0.39, 0.29) is 18.5 Å². The van der Waals surface area contributed by atoms with Crippen molar-refractivity contribution in [3.05, 3.63) is 60.6 Å². The Bertz CT molecular complexity index is 1310. The molecule has 0 saturated carbocycles. The van der Waals surface area contributed by atoms with Crippen LogP contribution in [0.3, 0.4) is 0 Å².